The number of rotatable bonds is 10. The molecule has 0 aromatic heterocycles. The van der Waals surface area contributed by atoms with Gasteiger partial charge in [0.1, 0.15) is 5.70 Å². The molecule has 1 atom stereocenters. The first-order chi connectivity index (χ1) is 21.8. The van der Waals surface area contributed by atoms with Gasteiger partial charge >= 0.3 is 0 Å². The number of nitrogens with zero attached hydrogens (tertiary/aromatic N) is 1. The van der Waals surface area contributed by atoms with E-state index in [0.29, 0.717) is 11.3 Å². The first-order valence-corrected chi connectivity index (χ1v) is 15.4. The van der Waals surface area contributed by atoms with Gasteiger partial charge in [0, 0.05) is 47.0 Å². The molecule has 0 saturated carbocycles. The summed E-state index contributed by atoms with van der Waals surface area (Å²) >= 11 is 1.42. The SMILES string of the molecule is CC(Sc1ccc(NC(=O)/C(=C/c2ccc(N(C)C)cc2)NC(=O)c2ccccc2)cc1)C(=O)Nc1cccc2ccccc12. The van der Waals surface area contributed by atoms with E-state index in [2.05, 4.69) is 16.0 Å². The summed E-state index contributed by atoms with van der Waals surface area (Å²) in [4.78, 5) is 42.2. The average Bonchev–Trinajstić information content (AvgIpc) is 3.06. The summed E-state index contributed by atoms with van der Waals surface area (Å²) in [6, 6.07) is 37.5. The Hall–Kier alpha value is -5.34. The van der Waals surface area contributed by atoms with E-state index < -0.39 is 5.91 Å². The highest BCUT2D eigenvalue weighted by Gasteiger charge is 2.17. The largest absolute Gasteiger partial charge is 0.378 e. The number of amides is 3. The molecule has 0 radical (unpaired) electrons. The molecule has 0 saturated heterocycles. The van der Waals surface area contributed by atoms with Crippen molar-refractivity contribution in [1.82, 2.24) is 5.32 Å². The van der Waals surface area contributed by atoms with Crippen molar-refractivity contribution >= 4 is 63.4 Å². The number of carbonyl (C=O) groups is 3. The highest BCUT2D eigenvalue weighted by Crippen LogP contribution is 2.28. The van der Waals surface area contributed by atoms with E-state index in [4.69, 9.17) is 0 Å². The van der Waals surface area contributed by atoms with Gasteiger partial charge in [-0.05, 0) is 78.5 Å². The Morgan fingerprint density at radius 2 is 1.40 bits per heavy atom. The molecule has 7 nitrogen and oxygen atoms in total. The molecule has 3 N–H and O–H groups in total. The van der Waals surface area contributed by atoms with Crippen molar-refractivity contribution in [1.29, 1.82) is 0 Å². The number of fused-ring (bicyclic) bond motifs is 1. The van der Waals surface area contributed by atoms with Crippen molar-refractivity contribution in [3.63, 3.8) is 0 Å². The van der Waals surface area contributed by atoms with Crippen LogP contribution in [0.3, 0.4) is 0 Å². The third kappa shape index (κ3) is 8.19. The fourth-order valence-electron chi connectivity index (χ4n) is 4.62. The lowest BCUT2D eigenvalue weighted by molar-refractivity contribution is -0.115. The van der Waals surface area contributed by atoms with Gasteiger partial charge in [0.25, 0.3) is 11.8 Å². The maximum atomic E-state index is 13.4. The van der Waals surface area contributed by atoms with Crippen molar-refractivity contribution < 1.29 is 14.4 Å². The second-order valence-corrected chi connectivity index (χ2v) is 12.0. The standard InChI is InChI=1S/C37H34N4O3S/c1-25(35(42)39-33-15-9-13-27-10-7-8-14-32(27)33)45-31-22-18-29(19-23-31)38-37(44)34(40-36(43)28-11-5-4-6-12-28)24-26-16-20-30(21-17-26)41(2)3/h4-25H,1-3H3,(H,38,44)(H,39,42)(H,40,43)/b34-24-. The summed E-state index contributed by atoms with van der Waals surface area (Å²) < 4.78 is 0. The number of benzene rings is 5. The van der Waals surface area contributed by atoms with Gasteiger partial charge in [-0.15, -0.1) is 11.8 Å². The number of hydrogen-bond acceptors (Lipinski definition) is 5. The number of thioether (sulfide) groups is 1. The highest BCUT2D eigenvalue weighted by molar-refractivity contribution is 8.00. The van der Waals surface area contributed by atoms with Gasteiger partial charge in [-0.3, -0.25) is 14.4 Å². The van der Waals surface area contributed by atoms with Gasteiger partial charge in [-0.25, -0.2) is 0 Å². The second-order valence-electron chi connectivity index (χ2n) is 10.6. The van der Waals surface area contributed by atoms with Crippen LogP contribution in [0.4, 0.5) is 17.1 Å². The first kappa shape index (κ1) is 31.1. The summed E-state index contributed by atoms with van der Waals surface area (Å²) in [6.45, 7) is 1.86. The van der Waals surface area contributed by atoms with E-state index in [1.807, 2.05) is 111 Å². The first-order valence-electron chi connectivity index (χ1n) is 14.5. The summed E-state index contributed by atoms with van der Waals surface area (Å²) in [6.07, 6.45) is 1.65. The molecule has 5 rings (SSSR count). The zero-order valence-electron chi connectivity index (χ0n) is 25.3. The van der Waals surface area contributed by atoms with Gasteiger partial charge in [0.2, 0.25) is 5.91 Å². The molecule has 0 aliphatic heterocycles. The quantitative estimate of drug-likeness (QED) is 0.112. The van der Waals surface area contributed by atoms with Crippen LogP contribution in [-0.2, 0) is 9.59 Å². The van der Waals surface area contributed by atoms with Crippen molar-refractivity contribution in [2.45, 2.75) is 17.1 Å². The number of carbonyl (C=O) groups excluding carboxylic acids is 3. The van der Waals surface area contributed by atoms with E-state index in [1.165, 1.54) is 11.8 Å². The monoisotopic (exact) mass is 614 g/mol. The second kappa shape index (κ2) is 14.4. The van der Waals surface area contributed by atoms with Crippen molar-refractivity contribution in [2.75, 3.05) is 29.6 Å². The van der Waals surface area contributed by atoms with E-state index in [0.717, 1.165) is 32.6 Å². The molecule has 0 heterocycles. The third-order valence-corrected chi connectivity index (χ3v) is 8.20. The summed E-state index contributed by atoms with van der Waals surface area (Å²) in [7, 11) is 3.91. The zero-order valence-corrected chi connectivity index (χ0v) is 26.1. The molecule has 1 unspecified atom stereocenters. The Kier molecular flexibility index (Phi) is 9.97. The van der Waals surface area contributed by atoms with Crippen LogP contribution in [0.2, 0.25) is 0 Å². The van der Waals surface area contributed by atoms with Crippen LogP contribution in [0, 0.1) is 0 Å². The molecule has 8 heteroatoms. The van der Waals surface area contributed by atoms with Crippen LogP contribution in [0.25, 0.3) is 16.8 Å². The van der Waals surface area contributed by atoms with Gasteiger partial charge in [-0.1, -0.05) is 66.7 Å². The maximum Gasteiger partial charge on any atom is 0.272 e. The van der Waals surface area contributed by atoms with Crippen LogP contribution in [-0.4, -0.2) is 37.1 Å². The fraction of sp³-hybridized carbons (Fsp3) is 0.108. The topological polar surface area (TPSA) is 90.5 Å². The van der Waals surface area contributed by atoms with Gasteiger partial charge in [0.05, 0.1) is 5.25 Å². The minimum Gasteiger partial charge on any atom is -0.378 e. The molecule has 0 spiro atoms. The molecule has 0 aliphatic carbocycles. The molecule has 3 amide bonds. The van der Waals surface area contributed by atoms with Gasteiger partial charge < -0.3 is 20.9 Å². The summed E-state index contributed by atoms with van der Waals surface area (Å²) in [5.74, 6) is -0.945. The van der Waals surface area contributed by atoms with Crippen LogP contribution in [0.15, 0.2) is 132 Å². The van der Waals surface area contributed by atoms with E-state index in [-0.39, 0.29) is 22.8 Å². The van der Waals surface area contributed by atoms with Crippen LogP contribution >= 0.6 is 11.8 Å². The van der Waals surface area contributed by atoms with Gasteiger partial charge in [-0.2, -0.15) is 0 Å². The average molecular weight is 615 g/mol. The molecule has 226 valence electrons. The third-order valence-electron chi connectivity index (χ3n) is 7.09. The highest BCUT2D eigenvalue weighted by atomic mass is 32.2. The normalized spacial score (nSPS) is 11.8. The van der Waals surface area contributed by atoms with E-state index in [1.54, 1.807) is 42.5 Å². The minimum absolute atomic E-state index is 0.101. The van der Waals surface area contributed by atoms with Crippen LogP contribution < -0.4 is 20.9 Å². The zero-order chi connectivity index (χ0) is 31.8. The summed E-state index contributed by atoms with van der Waals surface area (Å²) in [5, 5.41) is 10.4. The summed E-state index contributed by atoms with van der Waals surface area (Å²) in [5.41, 5.74) is 3.67. The van der Waals surface area contributed by atoms with Crippen molar-refractivity contribution in [3.8, 4) is 0 Å². The van der Waals surface area contributed by atoms with Crippen molar-refractivity contribution in [3.05, 3.63) is 138 Å². The molecule has 5 aromatic rings. The molecule has 0 fully saturated rings. The predicted molar refractivity (Wildman–Crippen MR) is 186 cm³/mol. The fourth-order valence-corrected chi connectivity index (χ4v) is 5.49. The minimum atomic E-state index is -0.459. The van der Waals surface area contributed by atoms with Gasteiger partial charge in [0.15, 0.2) is 0 Å². The lowest BCUT2D eigenvalue weighted by atomic mass is 10.1. The molecular weight excluding hydrogens is 580 g/mol. The van der Waals surface area contributed by atoms with Crippen LogP contribution in [0.5, 0.6) is 0 Å². The van der Waals surface area contributed by atoms with E-state index in [9.17, 15) is 14.4 Å². The van der Waals surface area contributed by atoms with E-state index >= 15 is 0 Å². The van der Waals surface area contributed by atoms with Crippen LogP contribution in [0.1, 0.15) is 22.8 Å². The Balaban J connectivity index is 1.26. The number of hydrogen-bond donors (Lipinski definition) is 3. The lowest BCUT2D eigenvalue weighted by Crippen LogP contribution is -2.30. The Morgan fingerprint density at radius 3 is 2.11 bits per heavy atom. The Labute approximate surface area is 267 Å². The molecule has 5 aromatic carbocycles. The smallest absolute Gasteiger partial charge is 0.272 e. The molecule has 0 aliphatic rings. The Morgan fingerprint density at radius 1 is 0.733 bits per heavy atom. The number of nitrogens with one attached hydrogen (secondary N) is 3. The molecule has 0 bridgehead atoms. The number of anilines is 3. The Bertz CT molecular complexity index is 1830. The molecular formula is C37H34N4O3S. The maximum absolute atomic E-state index is 13.4. The van der Waals surface area contributed by atoms with Crippen molar-refractivity contribution in [2.24, 2.45) is 0 Å². The predicted octanol–water partition coefficient (Wildman–Crippen LogP) is 7.43. The lowest BCUT2D eigenvalue weighted by Gasteiger charge is -2.15. The molecule has 45 heavy (non-hydrogen) atoms.